The first kappa shape index (κ1) is 20.1. The molecular weight excluding hydrogens is 402 g/mol. The number of fused-ring (bicyclic) bond motifs is 1. The van der Waals surface area contributed by atoms with Crippen molar-refractivity contribution in [2.75, 3.05) is 0 Å². The average molecular weight is 426 g/mol. The second-order valence-electron chi connectivity index (χ2n) is 8.17. The molecule has 2 aromatic heterocycles. The van der Waals surface area contributed by atoms with Gasteiger partial charge in [0.1, 0.15) is 6.61 Å². The molecular formula is C23H23NO3S2. The van der Waals surface area contributed by atoms with Crippen LogP contribution in [-0.4, -0.2) is 16.1 Å². The van der Waals surface area contributed by atoms with Gasteiger partial charge in [-0.3, -0.25) is 4.98 Å². The summed E-state index contributed by atoms with van der Waals surface area (Å²) in [5.74, 6) is -0.852. The lowest BCUT2D eigenvalue weighted by Gasteiger charge is -2.29. The van der Waals surface area contributed by atoms with E-state index in [4.69, 9.17) is 4.18 Å². The number of carboxylic acid groups (broad SMARTS) is 1. The highest BCUT2D eigenvalue weighted by atomic mass is 32.1. The van der Waals surface area contributed by atoms with Crippen LogP contribution >= 0.6 is 24.2 Å². The van der Waals surface area contributed by atoms with E-state index >= 15 is 0 Å². The standard InChI is InChI=1S/C23H23NO3S2/c1-23(2)10-9-19-17(12-23)20(22(25)26)21(29-19)16-7-4-3-6-14(16)15-8-5-11-24-18(15)13-27-28/h3-8,11,28H,9-10,12-13H2,1-2H3,(H,25,26). The van der Waals surface area contributed by atoms with Gasteiger partial charge < -0.3 is 9.29 Å². The maximum atomic E-state index is 12.3. The molecule has 0 radical (unpaired) electrons. The Balaban J connectivity index is 1.93. The van der Waals surface area contributed by atoms with Gasteiger partial charge in [-0.25, -0.2) is 4.79 Å². The monoisotopic (exact) mass is 425 g/mol. The summed E-state index contributed by atoms with van der Waals surface area (Å²) in [5.41, 5.74) is 5.18. The average Bonchev–Trinajstić information content (AvgIpc) is 3.06. The van der Waals surface area contributed by atoms with Gasteiger partial charge >= 0.3 is 5.97 Å². The van der Waals surface area contributed by atoms with Gasteiger partial charge in [-0.05, 0) is 54.8 Å². The molecule has 29 heavy (non-hydrogen) atoms. The van der Waals surface area contributed by atoms with E-state index in [0.29, 0.717) is 5.56 Å². The number of hydrogen-bond donors (Lipinski definition) is 2. The number of carboxylic acids is 1. The van der Waals surface area contributed by atoms with E-state index in [9.17, 15) is 9.90 Å². The van der Waals surface area contributed by atoms with E-state index in [1.807, 2.05) is 36.4 Å². The number of aromatic nitrogens is 1. The fourth-order valence-corrected chi connectivity index (χ4v) is 5.58. The molecule has 1 N–H and O–H groups in total. The number of aryl methyl sites for hydroxylation is 1. The van der Waals surface area contributed by atoms with E-state index in [2.05, 4.69) is 31.7 Å². The van der Waals surface area contributed by atoms with Crippen LogP contribution in [-0.2, 0) is 23.6 Å². The van der Waals surface area contributed by atoms with Crippen molar-refractivity contribution in [1.82, 2.24) is 4.98 Å². The van der Waals surface area contributed by atoms with E-state index < -0.39 is 5.97 Å². The number of benzene rings is 1. The Morgan fingerprint density at radius 1 is 1.21 bits per heavy atom. The Kier molecular flexibility index (Phi) is 5.51. The Morgan fingerprint density at radius 2 is 1.93 bits per heavy atom. The normalized spacial score (nSPS) is 15.1. The maximum Gasteiger partial charge on any atom is 0.337 e. The quantitative estimate of drug-likeness (QED) is 0.386. The molecule has 0 saturated heterocycles. The predicted molar refractivity (Wildman–Crippen MR) is 120 cm³/mol. The van der Waals surface area contributed by atoms with Crippen LogP contribution in [0.25, 0.3) is 21.6 Å². The minimum atomic E-state index is -0.852. The van der Waals surface area contributed by atoms with Crippen LogP contribution in [0.2, 0.25) is 0 Å². The molecule has 0 bridgehead atoms. The van der Waals surface area contributed by atoms with Crippen molar-refractivity contribution in [2.24, 2.45) is 5.41 Å². The molecule has 0 spiro atoms. The van der Waals surface area contributed by atoms with Crippen LogP contribution in [0.4, 0.5) is 0 Å². The number of hydrogen-bond acceptors (Lipinski definition) is 5. The summed E-state index contributed by atoms with van der Waals surface area (Å²) >= 11 is 5.50. The summed E-state index contributed by atoms with van der Waals surface area (Å²) in [7, 11) is 0. The topological polar surface area (TPSA) is 59.4 Å². The van der Waals surface area contributed by atoms with Crippen LogP contribution in [0.1, 0.15) is 46.8 Å². The van der Waals surface area contributed by atoms with E-state index in [1.54, 1.807) is 17.5 Å². The SMILES string of the molecule is CC1(C)CCc2sc(-c3ccccc3-c3cccnc3COS)c(C(=O)O)c2C1. The number of thiophene rings is 1. The number of thiol groups is 1. The zero-order chi connectivity index (χ0) is 20.6. The molecule has 1 aliphatic carbocycles. The first-order valence-electron chi connectivity index (χ1n) is 9.59. The predicted octanol–water partition coefficient (Wildman–Crippen LogP) is 6.05. The number of carbonyl (C=O) groups is 1. The number of aromatic carboxylic acids is 1. The van der Waals surface area contributed by atoms with Gasteiger partial charge in [-0.2, -0.15) is 0 Å². The molecule has 0 saturated carbocycles. The van der Waals surface area contributed by atoms with Crippen molar-refractivity contribution in [3.63, 3.8) is 0 Å². The van der Waals surface area contributed by atoms with E-state index in [-0.39, 0.29) is 12.0 Å². The molecule has 0 aliphatic heterocycles. The molecule has 1 aromatic carbocycles. The fourth-order valence-electron chi connectivity index (χ4n) is 4.11. The van der Waals surface area contributed by atoms with Crippen molar-refractivity contribution in [3.05, 3.63) is 64.3 Å². The molecule has 4 rings (SSSR count). The van der Waals surface area contributed by atoms with Gasteiger partial charge in [0.05, 0.1) is 11.3 Å². The number of nitrogens with zero attached hydrogens (tertiary/aromatic N) is 1. The summed E-state index contributed by atoms with van der Waals surface area (Å²) in [4.78, 5) is 18.8. The molecule has 0 atom stereocenters. The van der Waals surface area contributed by atoms with Gasteiger partial charge in [-0.1, -0.05) is 44.2 Å². The van der Waals surface area contributed by atoms with E-state index in [0.717, 1.165) is 52.1 Å². The molecule has 0 unspecified atom stereocenters. The Labute approximate surface area is 180 Å². The largest absolute Gasteiger partial charge is 0.478 e. The summed E-state index contributed by atoms with van der Waals surface area (Å²) in [6, 6.07) is 11.8. The fraction of sp³-hybridized carbons (Fsp3) is 0.304. The highest BCUT2D eigenvalue weighted by Gasteiger charge is 2.33. The van der Waals surface area contributed by atoms with E-state index in [1.165, 1.54) is 4.88 Å². The van der Waals surface area contributed by atoms with Crippen LogP contribution in [0, 0.1) is 5.41 Å². The number of rotatable bonds is 5. The zero-order valence-corrected chi connectivity index (χ0v) is 18.1. The van der Waals surface area contributed by atoms with Gasteiger partial charge in [0.25, 0.3) is 0 Å². The van der Waals surface area contributed by atoms with Crippen LogP contribution < -0.4 is 0 Å². The second kappa shape index (κ2) is 7.94. The Morgan fingerprint density at radius 3 is 2.66 bits per heavy atom. The van der Waals surface area contributed by atoms with Crippen LogP contribution in [0.5, 0.6) is 0 Å². The van der Waals surface area contributed by atoms with Crippen molar-refractivity contribution in [3.8, 4) is 21.6 Å². The maximum absolute atomic E-state index is 12.3. The summed E-state index contributed by atoms with van der Waals surface area (Å²) in [6.07, 6.45) is 4.53. The highest BCUT2D eigenvalue weighted by molar-refractivity contribution is 7.75. The lowest BCUT2D eigenvalue weighted by atomic mass is 9.75. The second-order valence-corrected chi connectivity index (χ2v) is 9.53. The highest BCUT2D eigenvalue weighted by Crippen LogP contribution is 2.47. The molecule has 3 aromatic rings. The molecule has 0 fully saturated rings. The van der Waals surface area contributed by atoms with Gasteiger partial charge in [0, 0.05) is 27.1 Å². The summed E-state index contributed by atoms with van der Waals surface area (Å²) in [6.45, 7) is 4.70. The number of pyridine rings is 1. The minimum absolute atomic E-state index is 0.121. The van der Waals surface area contributed by atoms with Crippen molar-refractivity contribution in [2.45, 2.75) is 39.7 Å². The molecule has 150 valence electrons. The van der Waals surface area contributed by atoms with Crippen molar-refractivity contribution >= 4 is 30.2 Å². The molecule has 1 aliphatic rings. The summed E-state index contributed by atoms with van der Waals surface area (Å²) < 4.78 is 5.03. The van der Waals surface area contributed by atoms with Gasteiger partial charge in [0.2, 0.25) is 0 Å². The third kappa shape index (κ3) is 3.84. The van der Waals surface area contributed by atoms with Crippen LogP contribution in [0.15, 0.2) is 42.6 Å². The molecule has 4 nitrogen and oxygen atoms in total. The molecule has 2 heterocycles. The molecule has 6 heteroatoms. The lowest BCUT2D eigenvalue weighted by molar-refractivity contribution is 0.0696. The van der Waals surface area contributed by atoms with Crippen LogP contribution in [0.3, 0.4) is 0 Å². The Hall–Kier alpha value is -2.15. The van der Waals surface area contributed by atoms with Gasteiger partial charge in [0.15, 0.2) is 0 Å². The minimum Gasteiger partial charge on any atom is -0.478 e. The third-order valence-corrected chi connectivity index (χ3v) is 7.00. The lowest BCUT2D eigenvalue weighted by Crippen LogP contribution is -2.22. The van der Waals surface area contributed by atoms with Gasteiger partial charge in [-0.15, -0.1) is 11.3 Å². The zero-order valence-electron chi connectivity index (χ0n) is 16.4. The Bertz CT molecular complexity index is 1070. The van der Waals surface area contributed by atoms with Crippen molar-refractivity contribution in [1.29, 1.82) is 0 Å². The summed E-state index contributed by atoms with van der Waals surface area (Å²) in [5, 5.41) is 10.1. The third-order valence-electron chi connectivity index (χ3n) is 5.54. The molecule has 0 amide bonds. The van der Waals surface area contributed by atoms with Crippen molar-refractivity contribution < 1.29 is 14.1 Å². The first-order chi connectivity index (χ1) is 13.9. The smallest absolute Gasteiger partial charge is 0.337 e. The first-order valence-corrected chi connectivity index (χ1v) is 10.8.